The first-order valence-electron chi connectivity index (χ1n) is 8.08. The van der Waals surface area contributed by atoms with Crippen LogP contribution < -0.4 is 5.32 Å². The van der Waals surface area contributed by atoms with Gasteiger partial charge in [-0.15, -0.1) is 0 Å². The minimum Gasteiger partial charge on any atom is -0.454 e. The molecule has 6 heteroatoms. The highest BCUT2D eigenvalue weighted by atomic mass is 16.5. The van der Waals surface area contributed by atoms with Crippen molar-refractivity contribution < 1.29 is 19.1 Å². The predicted octanol–water partition coefficient (Wildman–Crippen LogP) is 3.18. The molecule has 3 aromatic rings. The Morgan fingerprint density at radius 2 is 1.73 bits per heavy atom. The van der Waals surface area contributed by atoms with Gasteiger partial charge in [0.25, 0.3) is 0 Å². The van der Waals surface area contributed by atoms with Gasteiger partial charge in [-0.3, -0.25) is 9.59 Å². The number of fused-ring (bicyclic) bond motifs is 1. The van der Waals surface area contributed by atoms with Crippen LogP contribution in [0.3, 0.4) is 0 Å². The molecule has 0 saturated carbocycles. The smallest absolute Gasteiger partial charge is 0.340 e. The third-order valence-corrected chi connectivity index (χ3v) is 3.98. The fourth-order valence-corrected chi connectivity index (χ4v) is 2.74. The van der Waals surface area contributed by atoms with Crippen molar-refractivity contribution in [3.63, 3.8) is 0 Å². The van der Waals surface area contributed by atoms with E-state index in [0.29, 0.717) is 16.8 Å². The normalized spacial score (nSPS) is 10.5. The van der Waals surface area contributed by atoms with Crippen molar-refractivity contribution in [1.29, 1.82) is 0 Å². The number of amides is 1. The van der Waals surface area contributed by atoms with E-state index < -0.39 is 5.97 Å². The molecule has 1 amide bonds. The van der Waals surface area contributed by atoms with Gasteiger partial charge in [0.15, 0.2) is 12.4 Å². The molecule has 3 rings (SSSR count). The first-order valence-corrected chi connectivity index (χ1v) is 8.08. The molecule has 26 heavy (non-hydrogen) atoms. The summed E-state index contributed by atoms with van der Waals surface area (Å²) in [5.74, 6) is -1.04. The number of benzene rings is 2. The lowest BCUT2D eigenvalue weighted by molar-refractivity contribution is -0.114. The Morgan fingerprint density at radius 3 is 2.42 bits per heavy atom. The van der Waals surface area contributed by atoms with Gasteiger partial charge in [0.1, 0.15) is 0 Å². The first kappa shape index (κ1) is 17.4. The van der Waals surface area contributed by atoms with Crippen molar-refractivity contribution in [2.45, 2.75) is 6.92 Å². The van der Waals surface area contributed by atoms with Crippen LogP contribution in [0.1, 0.15) is 27.6 Å². The van der Waals surface area contributed by atoms with Crippen molar-refractivity contribution in [2.75, 3.05) is 11.9 Å². The summed E-state index contributed by atoms with van der Waals surface area (Å²) in [4.78, 5) is 35.6. The Kier molecular flexibility index (Phi) is 4.84. The number of hydrogen-bond acceptors (Lipinski definition) is 4. The standard InChI is InChI=1S/C20H18N2O4/c1-13(23)21-15-9-7-14(8-10-15)19(24)12-26-20(25)17-11-22(2)18-6-4-3-5-16(17)18/h3-11H,12H2,1-2H3,(H,21,23). The highest BCUT2D eigenvalue weighted by Gasteiger charge is 2.17. The summed E-state index contributed by atoms with van der Waals surface area (Å²) >= 11 is 0. The average Bonchev–Trinajstić information content (AvgIpc) is 2.97. The Hall–Kier alpha value is -3.41. The van der Waals surface area contributed by atoms with E-state index in [9.17, 15) is 14.4 Å². The van der Waals surface area contributed by atoms with Gasteiger partial charge in [-0.1, -0.05) is 18.2 Å². The van der Waals surface area contributed by atoms with E-state index in [1.165, 1.54) is 6.92 Å². The average molecular weight is 350 g/mol. The molecule has 0 atom stereocenters. The molecule has 1 aromatic heterocycles. The number of ketones is 1. The summed E-state index contributed by atoms with van der Waals surface area (Å²) in [5.41, 5.74) is 2.35. The van der Waals surface area contributed by atoms with Crippen molar-refractivity contribution in [1.82, 2.24) is 4.57 Å². The van der Waals surface area contributed by atoms with Crippen LogP contribution in [-0.2, 0) is 16.6 Å². The van der Waals surface area contributed by atoms with Crippen molar-refractivity contribution in [2.24, 2.45) is 7.05 Å². The maximum absolute atomic E-state index is 12.3. The molecule has 0 unspecified atom stereocenters. The van der Waals surface area contributed by atoms with Crippen molar-refractivity contribution in [3.8, 4) is 0 Å². The molecule has 0 radical (unpaired) electrons. The Bertz CT molecular complexity index is 987. The van der Waals surface area contributed by atoms with E-state index in [1.807, 2.05) is 35.9 Å². The molecule has 0 aliphatic heterocycles. The first-order chi connectivity index (χ1) is 12.5. The number of nitrogens with zero attached hydrogens (tertiary/aromatic N) is 1. The summed E-state index contributed by atoms with van der Waals surface area (Å²) in [6.45, 7) is 1.06. The topological polar surface area (TPSA) is 77.4 Å². The zero-order valence-corrected chi connectivity index (χ0v) is 14.5. The van der Waals surface area contributed by atoms with Gasteiger partial charge in [0.05, 0.1) is 5.56 Å². The van der Waals surface area contributed by atoms with Crippen LogP contribution in [-0.4, -0.2) is 28.8 Å². The number of rotatable bonds is 5. The Labute approximate surface area is 150 Å². The summed E-state index contributed by atoms with van der Waals surface area (Å²) in [6.07, 6.45) is 1.69. The largest absolute Gasteiger partial charge is 0.454 e. The number of aryl methyl sites for hydroxylation is 1. The second-order valence-electron chi connectivity index (χ2n) is 5.93. The zero-order chi connectivity index (χ0) is 18.7. The van der Waals surface area contributed by atoms with Crippen LogP contribution in [0.4, 0.5) is 5.69 Å². The minimum absolute atomic E-state index is 0.187. The quantitative estimate of drug-likeness (QED) is 0.566. The van der Waals surface area contributed by atoms with Crippen LogP contribution in [0.5, 0.6) is 0 Å². The number of para-hydroxylation sites is 1. The number of Topliss-reactive ketones (excluding diaryl/α,β-unsaturated/α-hetero) is 1. The van der Waals surface area contributed by atoms with Gasteiger partial charge >= 0.3 is 5.97 Å². The lowest BCUT2D eigenvalue weighted by Gasteiger charge is -2.05. The minimum atomic E-state index is -0.537. The number of aromatic nitrogens is 1. The van der Waals surface area contributed by atoms with Crippen LogP contribution in [0.25, 0.3) is 10.9 Å². The summed E-state index contributed by atoms with van der Waals surface area (Å²) in [5, 5.41) is 3.41. The van der Waals surface area contributed by atoms with Gasteiger partial charge in [-0.05, 0) is 30.3 Å². The molecule has 0 aliphatic rings. The lowest BCUT2D eigenvalue weighted by atomic mass is 10.1. The maximum atomic E-state index is 12.3. The van der Waals surface area contributed by atoms with E-state index in [4.69, 9.17) is 4.74 Å². The summed E-state index contributed by atoms with van der Waals surface area (Å²) < 4.78 is 7.03. The Balaban J connectivity index is 1.67. The van der Waals surface area contributed by atoms with Gasteiger partial charge in [0.2, 0.25) is 5.91 Å². The van der Waals surface area contributed by atoms with Crippen LogP contribution in [0.15, 0.2) is 54.7 Å². The number of nitrogens with one attached hydrogen (secondary N) is 1. The molecule has 0 saturated heterocycles. The van der Waals surface area contributed by atoms with Crippen LogP contribution >= 0.6 is 0 Å². The second-order valence-corrected chi connectivity index (χ2v) is 5.93. The van der Waals surface area contributed by atoms with Gasteiger partial charge in [-0.2, -0.15) is 0 Å². The van der Waals surface area contributed by atoms with Crippen molar-refractivity contribution in [3.05, 3.63) is 65.9 Å². The van der Waals surface area contributed by atoms with Gasteiger partial charge in [-0.25, -0.2) is 4.79 Å². The molecular formula is C20H18N2O4. The molecule has 0 bridgehead atoms. The maximum Gasteiger partial charge on any atom is 0.340 e. The van der Waals surface area contributed by atoms with Crippen LogP contribution in [0.2, 0.25) is 0 Å². The van der Waals surface area contributed by atoms with Gasteiger partial charge in [0, 0.05) is 42.3 Å². The monoisotopic (exact) mass is 350 g/mol. The number of carbonyl (C=O) groups excluding carboxylic acids is 3. The molecular weight excluding hydrogens is 332 g/mol. The third kappa shape index (κ3) is 3.64. The van der Waals surface area contributed by atoms with E-state index in [-0.39, 0.29) is 18.3 Å². The third-order valence-electron chi connectivity index (χ3n) is 3.98. The molecule has 0 aliphatic carbocycles. The number of ether oxygens (including phenoxy) is 1. The lowest BCUT2D eigenvalue weighted by Crippen LogP contribution is -2.14. The van der Waals surface area contributed by atoms with Gasteiger partial charge < -0.3 is 14.6 Å². The molecule has 2 aromatic carbocycles. The van der Waals surface area contributed by atoms with Crippen molar-refractivity contribution >= 4 is 34.3 Å². The number of hydrogen-bond donors (Lipinski definition) is 1. The SMILES string of the molecule is CC(=O)Nc1ccc(C(=O)COC(=O)c2cn(C)c3ccccc23)cc1. The number of carbonyl (C=O) groups is 3. The van der Waals surface area contributed by atoms with E-state index >= 15 is 0 Å². The summed E-state index contributed by atoms with van der Waals surface area (Å²) in [7, 11) is 1.85. The highest BCUT2D eigenvalue weighted by Crippen LogP contribution is 2.21. The predicted molar refractivity (Wildman–Crippen MR) is 98.3 cm³/mol. The van der Waals surface area contributed by atoms with E-state index in [1.54, 1.807) is 30.5 Å². The number of anilines is 1. The second kappa shape index (κ2) is 7.23. The molecule has 1 heterocycles. The van der Waals surface area contributed by atoms with E-state index in [2.05, 4.69) is 5.32 Å². The molecule has 132 valence electrons. The van der Waals surface area contributed by atoms with Crippen LogP contribution in [0, 0.1) is 0 Å². The highest BCUT2D eigenvalue weighted by molar-refractivity contribution is 6.06. The molecule has 6 nitrogen and oxygen atoms in total. The fourth-order valence-electron chi connectivity index (χ4n) is 2.74. The zero-order valence-electron chi connectivity index (χ0n) is 14.5. The number of esters is 1. The molecule has 1 N–H and O–H groups in total. The Morgan fingerprint density at radius 1 is 1.04 bits per heavy atom. The molecule has 0 fully saturated rings. The summed E-state index contributed by atoms with van der Waals surface area (Å²) in [6, 6.07) is 13.9. The molecule has 0 spiro atoms. The fraction of sp³-hybridized carbons (Fsp3) is 0.150. The van der Waals surface area contributed by atoms with E-state index in [0.717, 1.165) is 10.9 Å².